The number of hydrogen-bond donors (Lipinski definition) is 6. The molecule has 0 radical (unpaired) electrons. The quantitative estimate of drug-likeness (QED) is 0.0374. The maximum atomic E-state index is 13.9. The monoisotopic (exact) mass is 966 g/mol. The summed E-state index contributed by atoms with van der Waals surface area (Å²) in [6.07, 6.45) is -34.1. The Morgan fingerprint density at radius 2 is 0.635 bits per heavy atom. The highest BCUT2D eigenvalue weighted by Crippen LogP contribution is 2.31. The molecule has 0 amide bonds. The minimum absolute atomic E-state index is 0.00685. The molecule has 0 aliphatic heterocycles. The van der Waals surface area contributed by atoms with Gasteiger partial charge < -0.3 is 73.3 Å². The molecule has 1 aliphatic rings. The second-order valence-electron chi connectivity index (χ2n) is 13.5. The molecule has 0 heterocycles. The molecule has 30 heteroatoms. The molecule has 0 bridgehead atoms. The maximum Gasteiger partial charge on any atom is 0.383 e. The first-order valence-corrected chi connectivity index (χ1v) is 18.8. The van der Waals surface area contributed by atoms with Gasteiger partial charge in [-0.3, -0.25) is 14.2 Å². The summed E-state index contributed by atoms with van der Waals surface area (Å²) in [4.78, 5) is 0. The summed E-state index contributed by atoms with van der Waals surface area (Å²) in [5, 5.41) is 56.2. The Balaban J connectivity index is 2.70. The summed E-state index contributed by atoms with van der Waals surface area (Å²) in [5.74, 6) is 0. The van der Waals surface area contributed by atoms with Crippen LogP contribution < -0.4 is 0 Å². The van der Waals surface area contributed by atoms with Gasteiger partial charge in [0.1, 0.15) is 58.0 Å². The zero-order valence-electron chi connectivity index (χ0n) is 33.4. The number of aliphatic hydroxyl groups excluding tert-OH is 6. The SMILES string of the molecule is OCCOCC(F)(F)OC(F)(F)COCC(O)COC1CC(OCC(O)COCCOCC(F)(F)OC(F)(F)CO)CC(OCC(O)COCC(F)(F)OC(F)(F)COCCO)C1. The van der Waals surface area contributed by atoms with Gasteiger partial charge in [0.05, 0.1) is 97.6 Å². The van der Waals surface area contributed by atoms with Crippen molar-refractivity contribution in [2.24, 2.45) is 0 Å². The van der Waals surface area contributed by atoms with E-state index in [0.717, 1.165) is 0 Å². The van der Waals surface area contributed by atoms with Crippen molar-refractivity contribution >= 4 is 0 Å². The van der Waals surface area contributed by atoms with Gasteiger partial charge in [-0.05, 0) is 19.3 Å². The smallest absolute Gasteiger partial charge is 0.383 e. The normalized spacial score (nSPS) is 20.0. The number of hydrogen-bond acceptors (Lipinski definition) is 18. The summed E-state index contributed by atoms with van der Waals surface area (Å²) >= 11 is 0. The van der Waals surface area contributed by atoms with Crippen molar-refractivity contribution in [2.75, 3.05) is 119 Å². The Bertz CT molecular complexity index is 1130. The molecular weight excluding hydrogens is 912 g/mol. The molecule has 1 saturated carbocycles. The molecule has 5 unspecified atom stereocenters. The molecule has 378 valence electrons. The predicted molar refractivity (Wildman–Crippen MR) is 180 cm³/mol. The molecule has 6 N–H and O–H groups in total. The first kappa shape index (κ1) is 59.5. The van der Waals surface area contributed by atoms with E-state index in [2.05, 4.69) is 37.9 Å². The van der Waals surface area contributed by atoms with Gasteiger partial charge in [-0.2, -0.15) is 52.7 Å². The summed E-state index contributed by atoms with van der Waals surface area (Å²) in [6.45, 7) is -17.5. The summed E-state index contributed by atoms with van der Waals surface area (Å²) in [7, 11) is 0. The Hall–Kier alpha value is -1.56. The van der Waals surface area contributed by atoms with Gasteiger partial charge in [-0.15, -0.1) is 0 Å². The lowest BCUT2D eigenvalue weighted by Crippen LogP contribution is -2.42. The highest BCUT2D eigenvalue weighted by molar-refractivity contribution is 4.82. The van der Waals surface area contributed by atoms with Gasteiger partial charge in [-0.25, -0.2) is 0 Å². The van der Waals surface area contributed by atoms with E-state index in [4.69, 9.17) is 34.3 Å². The van der Waals surface area contributed by atoms with Crippen molar-refractivity contribution in [2.45, 2.75) is 92.5 Å². The Labute approximate surface area is 352 Å². The third-order valence-electron chi connectivity index (χ3n) is 7.35. The van der Waals surface area contributed by atoms with Crippen molar-refractivity contribution in [1.29, 1.82) is 0 Å². The topological polar surface area (TPSA) is 232 Å². The lowest BCUT2D eigenvalue weighted by atomic mass is 9.92. The molecule has 0 aromatic rings. The van der Waals surface area contributed by atoms with Crippen molar-refractivity contribution in [3.8, 4) is 0 Å². The van der Waals surface area contributed by atoms with Gasteiger partial charge >= 0.3 is 36.7 Å². The number of halogens is 12. The van der Waals surface area contributed by atoms with Crippen LogP contribution in [-0.2, 0) is 56.8 Å². The van der Waals surface area contributed by atoms with Crippen LogP contribution in [0.3, 0.4) is 0 Å². The molecule has 5 atom stereocenters. The number of aliphatic hydroxyl groups is 6. The highest BCUT2D eigenvalue weighted by Gasteiger charge is 2.47. The number of ether oxygens (including phenoxy) is 12. The minimum Gasteiger partial charge on any atom is -0.394 e. The number of rotatable bonds is 39. The van der Waals surface area contributed by atoms with Gasteiger partial charge in [0.25, 0.3) is 0 Å². The highest BCUT2D eigenvalue weighted by atomic mass is 19.3. The van der Waals surface area contributed by atoms with Crippen LogP contribution in [0.2, 0.25) is 0 Å². The van der Waals surface area contributed by atoms with E-state index < -0.39 is 192 Å². The molecule has 0 aromatic heterocycles. The molecule has 0 saturated heterocycles. The standard InChI is InChI=1S/C33H54F12O18/c34-28(35,16-48)61-29(36,37)19-55-6-5-52-10-22(49)13-58-25-7-26(59-14-23(50)11-56-20-32(42,43)62-30(38,39)17-53-3-1-46)9-27(8-25)60-15-24(51)12-57-21-33(44,45)63-31(40,41)18-54-4-2-47/h22-27,46-51H,1-21H2. The van der Waals surface area contributed by atoms with Crippen molar-refractivity contribution < 1.29 is 140 Å². The summed E-state index contributed by atoms with van der Waals surface area (Å²) in [5.41, 5.74) is 0. The first-order valence-electron chi connectivity index (χ1n) is 18.8. The van der Waals surface area contributed by atoms with E-state index in [-0.39, 0.29) is 19.3 Å². The zero-order chi connectivity index (χ0) is 47.8. The van der Waals surface area contributed by atoms with E-state index in [0.29, 0.717) is 0 Å². The van der Waals surface area contributed by atoms with Crippen LogP contribution in [0.15, 0.2) is 0 Å². The second-order valence-corrected chi connectivity index (χ2v) is 13.5. The van der Waals surface area contributed by atoms with Crippen LogP contribution in [-0.4, -0.2) is 223 Å². The van der Waals surface area contributed by atoms with Gasteiger partial charge in [-0.1, -0.05) is 0 Å². The van der Waals surface area contributed by atoms with Crippen molar-refractivity contribution in [3.05, 3.63) is 0 Å². The minimum atomic E-state index is -4.54. The summed E-state index contributed by atoms with van der Waals surface area (Å²) < 4.78 is 216. The van der Waals surface area contributed by atoms with Crippen LogP contribution in [0.5, 0.6) is 0 Å². The molecule has 1 rings (SSSR count). The fourth-order valence-electron chi connectivity index (χ4n) is 4.96. The van der Waals surface area contributed by atoms with Crippen LogP contribution >= 0.6 is 0 Å². The van der Waals surface area contributed by atoms with Crippen molar-refractivity contribution in [3.63, 3.8) is 0 Å². The lowest BCUT2D eigenvalue weighted by Gasteiger charge is -2.35. The third kappa shape index (κ3) is 30.4. The van der Waals surface area contributed by atoms with E-state index in [1.807, 2.05) is 0 Å². The molecule has 1 fully saturated rings. The van der Waals surface area contributed by atoms with Gasteiger partial charge in [0.2, 0.25) is 0 Å². The summed E-state index contributed by atoms with van der Waals surface area (Å²) in [6, 6.07) is 0. The van der Waals surface area contributed by atoms with Crippen molar-refractivity contribution in [1.82, 2.24) is 0 Å². The fourth-order valence-corrected chi connectivity index (χ4v) is 4.96. The third-order valence-corrected chi connectivity index (χ3v) is 7.35. The van der Waals surface area contributed by atoms with Crippen LogP contribution in [0.4, 0.5) is 52.7 Å². The Morgan fingerprint density at radius 1 is 0.365 bits per heavy atom. The molecular formula is C33H54F12O18. The van der Waals surface area contributed by atoms with Gasteiger partial charge in [0.15, 0.2) is 0 Å². The van der Waals surface area contributed by atoms with Crippen LogP contribution in [0.25, 0.3) is 0 Å². The van der Waals surface area contributed by atoms with Gasteiger partial charge in [0, 0.05) is 0 Å². The average Bonchev–Trinajstić information content (AvgIpc) is 3.15. The maximum absolute atomic E-state index is 13.9. The fraction of sp³-hybridized carbons (Fsp3) is 1.00. The largest absolute Gasteiger partial charge is 0.394 e. The van der Waals surface area contributed by atoms with E-state index in [1.54, 1.807) is 0 Å². The molecule has 18 nitrogen and oxygen atoms in total. The zero-order valence-corrected chi connectivity index (χ0v) is 33.4. The number of alkyl halides is 12. The average molecular weight is 967 g/mol. The molecule has 63 heavy (non-hydrogen) atoms. The van der Waals surface area contributed by atoms with E-state index in [1.165, 1.54) is 0 Å². The van der Waals surface area contributed by atoms with E-state index >= 15 is 0 Å². The lowest BCUT2D eigenvalue weighted by molar-refractivity contribution is -0.394. The molecule has 0 spiro atoms. The van der Waals surface area contributed by atoms with Crippen LogP contribution in [0, 0.1) is 0 Å². The Morgan fingerprint density at radius 3 is 0.952 bits per heavy atom. The predicted octanol–water partition coefficient (Wildman–Crippen LogP) is 1.09. The molecule has 0 aromatic carbocycles. The van der Waals surface area contributed by atoms with E-state index in [9.17, 15) is 68.0 Å². The van der Waals surface area contributed by atoms with Crippen LogP contribution in [0.1, 0.15) is 19.3 Å². The first-order chi connectivity index (χ1) is 29.2. The molecule has 1 aliphatic carbocycles. The Kier molecular flexibility index (Phi) is 27.6. The second kappa shape index (κ2) is 29.3.